The number of Topliss-reactive ketones (excluding diaryl/α,β-unsaturated/α-hetero) is 1. The van der Waals surface area contributed by atoms with Gasteiger partial charge in [-0.15, -0.1) is 0 Å². The summed E-state index contributed by atoms with van der Waals surface area (Å²) >= 11 is 0. The third-order valence-corrected chi connectivity index (χ3v) is 4.98. The Morgan fingerprint density at radius 1 is 1.30 bits per heavy atom. The molecule has 11 heteroatoms. The Labute approximate surface area is 184 Å². The van der Waals surface area contributed by atoms with Crippen LogP contribution in [0.1, 0.15) is 29.4 Å². The van der Waals surface area contributed by atoms with Crippen LogP contribution in [0.25, 0.3) is 0 Å². The van der Waals surface area contributed by atoms with Crippen LogP contribution in [0.5, 0.6) is 0 Å². The van der Waals surface area contributed by atoms with Crippen molar-refractivity contribution in [2.45, 2.75) is 26.3 Å². The molecule has 2 unspecified atom stereocenters. The Kier molecular flexibility index (Phi) is 9.76. The summed E-state index contributed by atoms with van der Waals surface area (Å²) in [6.07, 6.45) is 4.33. The standard InChI is InChI=1S/C19H24N4O6.BrH/c1-3-17(19(26)20-27)14(11-24)8-16-9-22(12-21(16)2)10-18(25)13-4-6-15(7-5-13)23(28)29;/h4-7,9,12,14,17,24H,3,8,10-11H2,1-2H3,(H-,20,26,27);1H. The molecule has 2 rings (SSSR count). The van der Waals surface area contributed by atoms with Gasteiger partial charge in [0.05, 0.1) is 12.0 Å². The zero-order chi connectivity index (χ0) is 21.6. The van der Waals surface area contributed by atoms with Crippen LogP contribution in [0.15, 0.2) is 36.8 Å². The molecule has 2 aromatic rings. The van der Waals surface area contributed by atoms with E-state index in [0.717, 1.165) is 5.69 Å². The van der Waals surface area contributed by atoms with Crippen molar-refractivity contribution in [2.24, 2.45) is 18.9 Å². The van der Waals surface area contributed by atoms with Crippen molar-refractivity contribution in [3.8, 4) is 0 Å². The molecule has 3 N–H and O–H groups in total. The monoisotopic (exact) mass is 484 g/mol. The Morgan fingerprint density at radius 2 is 1.93 bits per heavy atom. The number of aliphatic hydroxyl groups is 1. The zero-order valence-corrected chi connectivity index (χ0v) is 18.3. The minimum atomic E-state index is -0.546. The van der Waals surface area contributed by atoms with E-state index in [0.29, 0.717) is 18.4 Å². The van der Waals surface area contributed by atoms with Crippen molar-refractivity contribution in [1.82, 2.24) is 10.0 Å². The van der Waals surface area contributed by atoms with E-state index >= 15 is 0 Å². The fourth-order valence-electron chi connectivity index (χ4n) is 3.34. The predicted octanol–water partition coefficient (Wildman–Crippen LogP) is -2.21. The van der Waals surface area contributed by atoms with Crippen molar-refractivity contribution in [3.63, 3.8) is 0 Å². The Hall–Kier alpha value is -2.63. The second kappa shape index (κ2) is 11.5. The van der Waals surface area contributed by atoms with Crippen LogP contribution >= 0.6 is 0 Å². The van der Waals surface area contributed by atoms with Gasteiger partial charge in [0.2, 0.25) is 18.0 Å². The molecule has 0 radical (unpaired) electrons. The van der Waals surface area contributed by atoms with E-state index in [9.17, 15) is 24.8 Å². The maximum atomic E-state index is 12.5. The van der Waals surface area contributed by atoms with Crippen LogP contribution in [0.3, 0.4) is 0 Å². The van der Waals surface area contributed by atoms with Crippen molar-refractivity contribution in [1.29, 1.82) is 0 Å². The van der Waals surface area contributed by atoms with Gasteiger partial charge in [-0.25, -0.2) is 14.6 Å². The molecule has 1 amide bonds. The van der Waals surface area contributed by atoms with E-state index in [4.69, 9.17) is 5.21 Å². The number of hydrogen-bond acceptors (Lipinski definition) is 6. The lowest BCUT2D eigenvalue weighted by Gasteiger charge is -2.21. The van der Waals surface area contributed by atoms with Gasteiger partial charge < -0.3 is 22.1 Å². The molecule has 2 atom stereocenters. The number of nitro groups is 1. The highest BCUT2D eigenvalue weighted by atomic mass is 79.9. The predicted molar refractivity (Wildman–Crippen MR) is 101 cm³/mol. The molecule has 0 fully saturated rings. The lowest BCUT2D eigenvalue weighted by atomic mass is 9.86. The molecular weight excluding hydrogens is 460 g/mol. The Balaban J connectivity index is 0.00000450. The lowest BCUT2D eigenvalue weighted by molar-refractivity contribution is -0.682. The smallest absolute Gasteiger partial charge is 0.269 e. The van der Waals surface area contributed by atoms with E-state index in [1.54, 1.807) is 41.1 Å². The molecule has 0 aliphatic carbocycles. The summed E-state index contributed by atoms with van der Waals surface area (Å²) in [5.74, 6) is -1.68. The Morgan fingerprint density at radius 3 is 2.43 bits per heavy atom. The number of nitrogens with one attached hydrogen (secondary N) is 1. The van der Waals surface area contributed by atoms with Crippen molar-refractivity contribution in [2.75, 3.05) is 6.61 Å². The molecule has 0 bridgehead atoms. The van der Waals surface area contributed by atoms with E-state index in [1.165, 1.54) is 24.3 Å². The van der Waals surface area contributed by atoms with Gasteiger partial charge in [-0.05, 0) is 18.6 Å². The molecular formula is C19H25BrN4O6. The first-order valence-corrected chi connectivity index (χ1v) is 9.17. The number of aromatic nitrogens is 2. The average molecular weight is 485 g/mol. The first kappa shape index (κ1) is 25.4. The largest absolute Gasteiger partial charge is 1.00 e. The summed E-state index contributed by atoms with van der Waals surface area (Å²) in [5, 5.41) is 29.3. The maximum Gasteiger partial charge on any atom is 0.269 e. The van der Waals surface area contributed by atoms with Crippen molar-refractivity contribution in [3.05, 3.63) is 58.2 Å². The number of nitro benzene ring substituents is 1. The van der Waals surface area contributed by atoms with Crippen LogP contribution in [0.2, 0.25) is 0 Å². The fourth-order valence-corrected chi connectivity index (χ4v) is 3.34. The van der Waals surface area contributed by atoms with Crippen LogP contribution in [-0.2, 0) is 24.8 Å². The SMILES string of the molecule is CCC(C(=O)NO)C(CO)Cc1c[n+](CC(=O)c2ccc([N+](=O)[O-])cc2)cn1C.[Br-]. The van der Waals surface area contributed by atoms with Crippen molar-refractivity contribution < 1.29 is 46.4 Å². The normalized spacial score (nSPS) is 12.5. The van der Waals surface area contributed by atoms with Crippen LogP contribution in [-0.4, -0.2) is 38.1 Å². The number of aryl methyl sites for hydroxylation is 1. The van der Waals surface area contributed by atoms with E-state index in [2.05, 4.69) is 0 Å². The lowest BCUT2D eigenvalue weighted by Crippen LogP contribution is -3.00. The van der Waals surface area contributed by atoms with E-state index in [-0.39, 0.29) is 47.5 Å². The first-order valence-electron chi connectivity index (χ1n) is 9.17. The fraction of sp³-hybridized carbons (Fsp3) is 0.421. The number of halogens is 1. The van der Waals surface area contributed by atoms with Crippen LogP contribution in [0.4, 0.5) is 5.69 Å². The summed E-state index contributed by atoms with van der Waals surface area (Å²) in [5.41, 5.74) is 2.74. The van der Waals surface area contributed by atoms with Gasteiger partial charge in [-0.3, -0.25) is 24.9 Å². The summed E-state index contributed by atoms with van der Waals surface area (Å²) < 4.78 is 3.48. The third kappa shape index (κ3) is 6.18. The number of imidazole rings is 1. The average Bonchev–Trinajstić information content (AvgIpc) is 3.05. The van der Waals surface area contributed by atoms with Gasteiger partial charge in [0.15, 0.2) is 6.54 Å². The summed E-state index contributed by atoms with van der Waals surface area (Å²) in [6, 6.07) is 5.42. The third-order valence-electron chi connectivity index (χ3n) is 4.98. The molecule has 30 heavy (non-hydrogen) atoms. The van der Waals surface area contributed by atoms with Crippen molar-refractivity contribution >= 4 is 17.4 Å². The molecule has 0 aliphatic rings. The molecule has 1 aromatic carbocycles. The van der Waals surface area contributed by atoms with Gasteiger partial charge in [-0.1, -0.05) is 6.92 Å². The van der Waals surface area contributed by atoms with Gasteiger partial charge >= 0.3 is 0 Å². The number of nitrogens with zero attached hydrogens (tertiary/aromatic N) is 3. The number of ketones is 1. The summed E-state index contributed by atoms with van der Waals surface area (Å²) in [6.45, 7) is 1.62. The minimum Gasteiger partial charge on any atom is -1.00 e. The molecule has 164 valence electrons. The number of rotatable bonds is 10. The van der Waals surface area contributed by atoms with E-state index in [1.807, 2.05) is 0 Å². The molecule has 1 aromatic heterocycles. The van der Waals surface area contributed by atoms with Gasteiger partial charge in [0.1, 0.15) is 11.9 Å². The molecule has 0 spiro atoms. The van der Waals surface area contributed by atoms with Crippen LogP contribution in [0, 0.1) is 22.0 Å². The summed E-state index contributed by atoms with van der Waals surface area (Å²) in [7, 11) is 1.80. The minimum absolute atomic E-state index is 0. The molecule has 0 saturated heterocycles. The number of non-ortho nitro benzene ring substituents is 1. The number of amides is 1. The number of aliphatic hydroxyl groups excluding tert-OH is 1. The maximum absolute atomic E-state index is 12.5. The summed E-state index contributed by atoms with van der Waals surface area (Å²) in [4.78, 5) is 34.5. The van der Waals surface area contributed by atoms with Crippen LogP contribution < -0.4 is 27.0 Å². The number of hydroxylamine groups is 1. The van der Waals surface area contributed by atoms with Gasteiger partial charge in [-0.2, -0.15) is 0 Å². The highest BCUT2D eigenvalue weighted by Crippen LogP contribution is 2.20. The van der Waals surface area contributed by atoms with Gasteiger partial charge in [0.25, 0.3) is 5.69 Å². The number of carbonyl (C=O) groups excluding carboxylic acids is 2. The second-order valence-electron chi connectivity index (χ2n) is 6.88. The van der Waals surface area contributed by atoms with E-state index < -0.39 is 16.7 Å². The highest BCUT2D eigenvalue weighted by molar-refractivity contribution is 5.95. The quantitative estimate of drug-likeness (QED) is 0.115. The highest BCUT2D eigenvalue weighted by Gasteiger charge is 2.29. The zero-order valence-electron chi connectivity index (χ0n) is 16.7. The number of hydrogen-bond donors (Lipinski definition) is 3. The number of carbonyl (C=O) groups is 2. The Bertz CT molecular complexity index is 884. The molecule has 10 nitrogen and oxygen atoms in total. The topological polar surface area (TPSA) is 139 Å². The second-order valence-corrected chi connectivity index (χ2v) is 6.88. The first-order chi connectivity index (χ1) is 13.8. The molecule has 0 aliphatic heterocycles. The van der Waals surface area contributed by atoms with Gasteiger partial charge in [0, 0.05) is 42.6 Å². The number of benzene rings is 1. The molecule has 1 heterocycles. The molecule has 0 saturated carbocycles.